The first-order valence-corrected chi connectivity index (χ1v) is 12.4. The van der Waals surface area contributed by atoms with E-state index in [1.54, 1.807) is 12.5 Å². The van der Waals surface area contributed by atoms with Gasteiger partial charge in [0.05, 0.1) is 26.1 Å². The molecule has 3 aliphatic rings. The average Bonchev–Trinajstić information content (AvgIpc) is 3.43. The smallest absolute Gasteiger partial charge is 0.330 e. The Morgan fingerprint density at radius 3 is 2.53 bits per heavy atom. The summed E-state index contributed by atoms with van der Waals surface area (Å²) in [5, 5.41) is 0. The van der Waals surface area contributed by atoms with Crippen molar-refractivity contribution in [1.82, 2.24) is 0 Å². The number of hydrogen-bond acceptors (Lipinski definition) is 7. The number of fused-ring (bicyclic) bond motifs is 1. The number of cyclic esters (lactones) is 1. The van der Waals surface area contributed by atoms with E-state index in [0.717, 1.165) is 23.1 Å². The van der Waals surface area contributed by atoms with E-state index in [2.05, 4.69) is 19.6 Å². The molecule has 36 heavy (non-hydrogen) atoms. The van der Waals surface area contributed by atoms with Gasteiger partial charge in [-0.15, -0.1) is 0 Å². The van der Waals surface area contributed by atoms with Gasteiger partial charge in [-0.05, 0) is 55.4 Å². The molecule has 1 aromatic rings. The molecule has 0 aromatic carbocycles. The summed E-state index contributed by atoms with van der Waals surface area (Å²) in [7, 11) is 1.35. The molecule has 6 atom stereocenters. The van der Waals surface area contributed by atoms with E-state index in [4.69, 9.17) is 18.6 Å². The second-order valence-electron chi connectivity index (χ2n) is 11.2. The number of ether oxygens (including phenoxy) is 3. The van der Waals surface area contributed by atoms with Gasteiger partial charge >= 0.3 is 17.9 Å². The lowest BCUT2D eigenvalue weighted by atomic mass is 9.51. The Bertz CT molecular complexity index is 1120. The molecular weight excluding hydrogens is 460 g/mol. The molecule has 194 valence electrons. The van der Waals surface area contributed by atoms with Crippen molar-refractivity contribution in [2.45, 2.75) is 71.5 Å². The normalized spacial score (nSPS) is 35.3. The summed E-state index contributed by atoms with van der Waals surface area (Å²) in [5.41, 5.74) is 0.876. The van der Waals surface area contributed by atoms with Gasteiger partial charge in [-0.2, -0.15) is 0 Å². The maximum Gasteiger partial charge on any atom is 0.330 e. The van der Waals surface area contributed by atoms with Crippen molar-refractivity contribution in [1.29, 1.82) is 0 Å². The molecule has 7 nitrogen and oxygen atoms in total. The summed E-state index contributed by atoms with van der Waals surface area (Å²) in [5.74, 6) is -1.75. The highest BCUT2D eigenvalue weighted by Crippen LogP contribution is 2.64. The Balaban J connectivity index is 1.82. The predicted octanol–water partition coefficient (Wildman–Crippen LogP) is 5.28. The predicted molar refractivity (Wildman–Crippen MR) is 133 cm³/mol. The quantitative estimate of drug-likeness (QED) is 0.404. The fourth-order valence-electron chi connectivity index (χ4n) is 7.06. The lowest BCUT2D eigenvalue weighted by Gasteiger charge is -2.54. The first-order chi connectivity index (χ1) is 16.8. The molecule has 1 fully saturated rings. The Morgan fingerprint density at radius 1 is 1.19 bits per heavy atom. The van der Waals surface area contributed by atoms with E-state index in [0.29, 0.717) is 6.42 Å². The Morgan fingerprint density at radius 2 is 1.92 bits per heavy atom. The number of allylic oxidation sites excluding steroid dienone is 3. The van der Waals surface area contributed by atoms with Gasteiger partial charge in [0.2, 0.25) is 0 Å². The highest BCUT2D eigenvalue weighted by molar-refractivity contribution is 5.83. The molecule has 0 amide bonds. The molecule has 0 radical (unpaired) electrons. The van der Waals surface area contributed by atoms with Gasteiger partial charge in [0.25, 0.3) is 0 Å². The van der Waals surface area contributed by atoms with Crippen LogP contribution in [0.1, 0.15) is 65.4 Å². The van der Waals surface area contributed by atoms with Crippen LogP contribution in [0.3, 0.4) is 0 Å². The van der Waals surface area contributed by atoms with Crippen molar-refractivity contribution in [3.63, 3.8) is 0 Å². The van der Waals surface area contributed by atoms with Gasteiger partial charge in [-0.1, -0.05) is 32.6 Å². The van der Waals surface area contributed by atoms with Crippen molar-refractivity contribution in [3.05, 3.63) is 60.1 Å². The Kier molecular flexibility index (Phi) is 6.56. The minimum Gasteiger partial charge on any atom is -0.472 e. The number of carbonyl (C=O) groups is 3. The van der Waals surface area contributed by atoms with Gasteiger partial charge in [0.15, 0.2) is 0 Å². The first kappa shape index (κ1) is 26.0. The fraction of sp³-hybridized carbons (Fsp3) is 0.552. The third-order valence-electron chi connectivity index (χ3n) is 8.88. The maximum absolute atomic E-state index is 12.5. The largest absolute Gasteiger partial charge is 0.472 e. The van der Waals surface area contributed by atoms with E-state index < -0.39 is 34.4 Å². The molecule has 1 saturated carbocycles. The second-order valence-corrected chi connectivity index (χ2v) is 11.2. The lowest BCUT2D eigenvalue weighted by molar-refractivity contribution is -0.167. The second kappa shape index (κ2) is 9.09. The molecule has 2 heterocycles. The molecule has 6 unspecified atom stereocenters. The summed E-state index contributed by atoms with van der Waals surface area (Å²) in [6.07, 6.45) is 9.77. The topological polar surface area (TPSA) is 92.0 Å². The van der Waals surface area contributed by atoms with Crippen molar-refractivity contribution >= 4 is 17.9 Å². The van der Waals surface area contributed by atoms with Gasteiger partial charge in [-0.3, -0.25) is 9.59 Å². The number of rotatable bonds is 5. The van der Waals surface area contributed by atoms with Gasteiger partial charge in [0.1, 0.15) is 11.7 Å². The molecule has 0 spiro atoms. The van der Waals surface area contributed by atoms with Crippen LogP contribution in [0.4, 0.5) is 0 Å². The van der Waals surface area contributed by atoms with Crippen LogP contribution in [0.5, 0.6) is 0 Å². The van der Waals surface area contributed by atoms with Crippen LogP contribution in [0.25, 0.3) is 0 Å². The third-order valence-corrected chi connectivity index (χ3v) is 8.88. The summed E-state index contributed by atoms with van der Waals surface area (Å²) < 4.78 is 22.2. The highest BCUT2D eigenvalue weighted by Gasteiger charge is 2.60. The van der Waals surface area contributed by atoms with Gasteiger partial charge in [-0.25, -0.2) is 4.79 Å². The lowest BCUT2D eigenvalue weighted by Crippen LogP contribution is -2.53. The molecule has 4 rings (SSSR count). The van der Waals surface area contributed by atoms with E-state index in [9.17, 15) is 14.4 Å². The Labute approximate surface area is 212 Å². The average molecular weight is 497 g/mol. The summed E-state index contributed by atoms with van der Waals surface area (Å²) in [6, 6.07) is 1.96. The summed E-state index contributed by atoms with van der Waals surface area (Å²) in [4.78, 5) is 37.4. The number of furan rings is 1. The first-order valence-electron chi connectivity index (χ1n) is 12.4. The number of hydrogen-bond donors (Lipinski definition) is 0. The van der Waals surface area contributed by atoms with E-state index >= 15 is 0 Å². The van der Waals surface area contributed by atoms with E-state index in [-0.39, 0.29) is 30.2 Å². The zero-order chi connectivity index (χ0) is 26.5. The van der Waals surface area contributed by atoms with Crippen LogP contribution in [-0.2, 0) is 28.6 Å². The minimum atomic E-state index is -0.954. The molecule has 1 aromatic heterocycles. The van der Waals surface area contributed by atoms with Crippen molar-refractivity contribution in [3.8, 4) is 0 Å². The van der Waals surface area contributed by atoms with Gasteiger partial charge < -0.3 is 18.6 Å². The summed E-state index contributed by atoms with van der Waals surface area (Å²) >= 11 is 0. The van der Waals surface area contributed by atoms with E-state index in [1.807, 2.05) is 32.9 Å². The standard InChI is InChI=1S/C29H36O7/c1-17-20-8-9-21(19-11-13-34-16-19)29(20,6)24(35-18(2)30)14-22(17)28(5)12-10-25(31)36-27(3,4)23(28)15-26(32)33-7/h8,10-13,16,21-24H,1,9,14-15H2,2-7H3. The number of esters is 3. The number of carbonyl (C=O) groups excluding carboxylic acids is 3. The van der Waals surface area contributed by atoms with Crippen molar-refractivity contribution in [2.24, 2.45) is 22.7 Å². The molecule has 7 heteroatoms. The van der Waals surface area contributed by atoms with Crippen LogP contribution in [-0.4, -0.2) is 36.7 Å². The monoisotopic (exact) mass is 496 g/mol. The zero-order valence-corrected chi connectivity index (χ0v) is 22.0. The fourth-order valence-corrected chi connectivity index (χ4v) is 7.06. The molecule has 1 aliphatic heterocycles. The molecule has 0 bridgehead atoms. The highest BCUT2D eigenvalue weighted by atomic mass is 16.6. The van der Waals surface area contributed by atoms with Crippen LogP contribution in [0.15, 0.2) is 59.0 Å². The SMILES string of the molecule is C=C1C2=CCC(c3ccoc3)C2(C)C(OC(C)=O)CC1C1(C)C=CC(=O)OC(C)(C)C1CC(=O)OC. The van der Waals surface area contributed by atoms with Crippen LogP contribution in [0, 0.1) is 22.7 Å². The van der Waals surface area contributed by atoms with Crippen LogP contribution >= 0.6 is 0 Å². The number of methoxy groups -OCH3 is 1. The summed E-state index contributed by atoms with van der Waals surface area (Å²) in [6.45, 7) is 13.8. The van der Waals surface area contributed by atoms with Gasteiger partial charge in [0, 0.05) is 35.7 Å². The van der Waals surface area contributed by atoms with Crippen LogP contribution in [0.2, 0.25) is 0 Å². The minimum absolute atomic E-state index is 0.0631. The Hall–Kier alpha value is -3.09. The molecule has 0 saturated heterocycles. The van der Waals surface area contributed by atoms with Crippen molar-refractivity contribution in [2.75, 3.05) is 7.11 Å². The molecule has 0 N–H and O–H groups in total. The molecule has 2 aliphatic carbocycles. The van der Waals surface area contributed by atoms with Crippen LogP contribution < -0.4 is 0 Å². The third kappa shape index (κ3) is 4.12. The maximum atomic E-state index is 12.5. The molecular formula is C29H36O7. The zero-order valence-electron chi connectivity index (χ0n) is 22.0. The van der Waals surface area contributed by atoms with Crippen molar-refractivity contribution < 1.29 is 33.0 Å². The van der Waals surface area contributed by atoms with E-state index in [1.165, 1.54) is 20.1 Å².